The van der Waals surface area contributed by atoms with Gasteiger partial charge in [-0.2, -0.15) is 0 Å². The molecular formula is C28H33FN2O2. The number of rotatable bonds is 5. The maximum atomic E-state index is 13.8. The second-order valence-electron chi connectivity index (χ2n) is 9.97. The van der Waals surface area contributed by atoms with Gasteiger partial charge in [0.25, 0.3) is 5.91 Å². The van der Waals surface area contributed by atoms with Gasteiger partial charge in [-0.25, -0.2) is 4.39 Å². The number of amides is 2. The fourth-order valence-electron chi connectivity index (χ4n) is 6.60. The van der Waals surface area contributed by atoms with Gasteiger partial charge in [0.15, 0.2) is 0 Å². The van der Waals surface area contributed by atoms with E-state index in [4.69, 9.17) is 0 Å². The Hall–Kier alpha value is -2.69. The van der Waals surface area contributed by atoms with Gasteiger partial charge in [-0.1, -0.05) is 62.4 Å². The summed E-state index contributed by atoms with van der Waals surface area (Å²) in [5.74, 6) is -0.507. The SMILES string of the molecule is O=C(NCCc1cccc(F)c1)[C@@H]1c2ccccc2C(=O)N(C2CCCCC2)C12CCCC2. The maximum absolute atomic E-state index is 13.8. The van der Waals surface area contributed by atoms with Gasteiger partial charge < -0.3 is 10.2 Å². The number of hydrogen-bond acceptors (Lipinski definition) is 2. The molecule has 0 bridgehead atoms. The zero-order valence-electron chi connectivity index (χ0n) is 19.2. The van der Waals surface area contributed by atoms with Crippen LogP contribution in [0.5, 0.6) is 0 Å². The Morgan fingerprint density at radius 2 is 1.76 bits per heavy atom. The highest BCUT2D eigenvalue weighted by Crippen LogP contribution is 2.52. The van der Waals surface area contributed by atoms with Crippen LogP contribution in [0.3, 0.4) is 0 Å². The van der Waals surface area contributed by atoms with E-state index in [1.807, 2.05) is 30.3 Å². The quantitative estimate of drug-likeness (QED) is 0.669. The summed E-state index contributed by atoms with van der Waals surface area (Å²) < 4.78 is 13.5. The summed E-state index contributed by atoms with van der Waals surface area (Å²) in [6.45, 7) is 0.453. The van der Waals surface area contributed by atoms with Gasteiger partial charge in [0, 0.05) is 18.2 Å². The molecule has 2 aliphatic carbocycles. The fourth-order valence-corrected chi connectivity index (χ4v) is 6.60. The summed E-state index contributed by atoms with van der Waals surface area (Å²) in [4.78, 5) is 29.8. The minimum Gasteiger partial charge on any atom is -0.355 e. The van der Waals surface area contributed by atoms with Crippen LogP contribution in [0.1, 0.15) is 85.2 Å². The molecule has 33 heavy (non-hydrogen) atoms. The minimum absolute atomic E-state index is 0.00550. The molecule has 5 heteroatoms. The first-order valence-corrected chi connectivity index (χ1v) is 12.5. The lowest BCUT2D eigenvalue weighted by molar-refractivity contribution is -0.127. The van der Waals surface area contributed by atoms with Crippen molar-refractivity contribution in [2.24, 2.45) is 0 Å². The molecule has 1 spiro atoms. The van der Waals surface area contributed by atoms with Crippen molar-refractivity contribution in [3.63, 3.8) is 0 Å². The Bertz CT molecular complexity index is 1020. The van der Waals surface area contributed by atoms with Crippen molar-refractivity contribution in [2.75, 3.05) is 6.54 Å². The van der Waals surface area contributed by atoms with Crippen LogP contribution in [-0.4, -0.2) is 34.8 Å². The van der Waals surface area contributed by atoms with Crippen molar-refractivity contribution in [3.8, 4) is 0 Å². The molecule has 1 N–H and O–H groups in total. The lowest BCUT2D eigenvalue weighted by Gasteiger charge is -2.54. The number of carbonyl (C=O) groups excluding carboxylic acids is 2. The molecule has 1 aliphatic heterocycles. The molecule has 2 fully saturated rings. The molecule has 0 aromatic heterocycles. The topological polar surface area (TPSA) is 49.4 Å². The van der Waals surface area contributed by atoms with E-state index >= 15 is 0 Å². The van der Waals surface area contributed by atoms with Crippen LogP contribution >= 0.6 is 0 Å². The highest BCUT2D eigenvalue weighted by atomic mass is 19.1. The van der Waals surface area contributed by atoms with Crippen molar-refractivity contribution >= 4 is 11.8 Å². The third-order valence-corrected chi connectivity index (χ3v) is 8.01. The van der Waals surface area contributed by atoms with Crippen LogP contribution in [0.2, 0.25) is 0 Å². The molecule has 5 rings (SSSR count). The molecule has 0 unspecified atom stereocenters. The van der Waals surface area contributed by atoms with Crippen LogP contribution in [0.4, 0.5) is 4.39 Å². The average Bonchev–Trinajstić information content (AvgIpc) is 3.29. The smallest absolute Gasteiger partial charge is 0.254 e. The summed E-state index contributed by atoms with van der Waals surface area (Å²) in [7, 11) is 0. The Morgan fingerprint density at radius 1 is 1.00 bits per heavy atom. The lowest BCUT2D eigenvalue weighted by Crippen LogP contribution is -2.63. The second-order valence-corrected chi connectivity index (χ2v) is 9.97. The van der Waals surface area contributed by atoms with Gasteiger partial charge >= 0.3 is 0 Å². The summed E-state index contributed by atoms with van der Waals surface area (Å²) >= 11 is 0. The first kappa shape index (κ1) is 22.1. The standard InChI is InChI=1S/C28H33FN2O2/c29-21-10-8-9-20(19-21)15-18-30-26(32)25-23-13-4-5-14-24(23)27(33)31(22-11-2-1-3-12-22)28(25)16-6-7-17-28/h4-5,8-10,13-14,19,22,25H,1-3,6-7,11-12,15-18H2,(H,30,32)/t25-/m0/s1. The summed E-state index contributed by atoms with van der Waals surface area (Å²) in [5.41, 5.74) is 2.00. The summed E-state index contributed by atoms with van der Waals surface area (Å²) in [5, 5.41) is 3.15. The van der Waals surface area contributed by atoms with Gasteiger partial charge in [-0.05, 0) is 61.4 Å². The van der Waals surface area contributed by atoms with E-state index < -0.39 is 5.54 Å². The number of halogens is 1. The number of carbonyl (C=O) groups is 2. The molecule has 0 radical (unpaired) electrons. The summed E-state index contributed by atoms with van der Waals surface area (Å²) in [6.07, 6.45) is 10.0. The Morgan fingerprint density at radius 3 is 2.52 bits per heavy atom. The van der Waals surface area contributed by atoms with E-state index in [0.717, 1.165) is 62.5 Å². The molecule has 0 saturated heterocycles. The van der Waals surface area contributed by atoms with E-state index in [1.165, 1.54) is 18.6 Å². The molecule has 4 nitrogen and oxygen atoms in total. The Balaban J connectivity index is 1.46. The molecule has 2 aromatic carbocycles. The third kappa shape index (κ3) is 4.07. The normalized spacial score (nSPS) is 22.4. The van der Waals surface area contributed by atoms with Crippen molar-refractivity contribution in [1.29, 1.82) is 0 Å². The molecule has 3 aliphatic rings. The Kier molecular flexibility index (Phi) is 6.22. The van der Waals surface area contributed by atoms with E-state index in [-0.39, 0.29) is 29.6 Å². The van der Waals surface area contributed by atoms with Crippen LogP contribution in [0.25, 0.3) is 0 Å². The second kappa shape index (κ2) is 9.28. The van der Waals surface area contributed by atoms with Crippen LogP contribution in [0.15, 0.2) is 48.5 Å². The van der Waals surface area contributed by atoms with Gasteiger partial charge in [-0.3, -0.25) is 9.59 Å². The number of hydrogen-bond donors (Lipinski definition) is 1. The first-order valence-electron chi connectivity index (χ1n) is 12.5. The van der Waals surface area contributed by atoms with Gasteiger partial charge in [0.05, 0.1) is 11.5 Å². The van der Waals surface area contributed by atoms with Crippen molar-refractivity contribution in [3.05, 3.63) is 71.0 Å². The summed E-state index contributed by atoms with van der Waals surface area (Å²) in [6, 6.07) is 14.5. The Labute approximate surface area is 195 Å². The van der Waals surface area contributed by atoms with E-state index in [2.05, 4.69) is 10.2 Å². The van der Waals surface area contributed by atoms with E-state index in [1.54, 1.807) is 6.07 Å². The molecule has 1 atom stereocenters. The minimum atomic E-state index is -0.434. The average molecular weight is 449 g/mol. The number of benzene rings is 2. The predicted molar refractivity (Wildman–Crippen MR) is 127 cm³/mol. The molecule has 2 amide bonds. The highest BCUT2D eigenvalue weighted by molar-refractivity contribution is 6.02. The van der Waals surface area contributed by atoms with Crippen molar-refractivity contribution in [2.45, 2.75) is 81.7 Å². The largest absolute Gasteiger partial charge is 0.355 e. The maximum Gasteiger partial charge on any atom is 0.254 e. The zero-order valence-corrected chi connectivity index (χ0v) is 19.2. The van der Waals surface area contributed by atoms with Crippen molar-refractivity contribution < 1.29 is 14.0 Å². The molecular weight excluding hydrogens is 415 g/mol. The van der Waals surface area contributed by atoms with E-state index in [0.29, 0.717) is 18.5 Å². The fraction of sp³-hybridized carbons (Fsp3) is 0.500. The van der Waals surface area contributed by atoms with Gasteiger partial charge in [-0.15, -0.1) is 0 Å². The molecule has 2 saturated carbocycles. The van der Waals surface area contributed by atoms with Crippen LogP contribution in [-0.2, 0) is 11.2 Å². The van der Waals surface area contributed by atoms with Gasteiger partial charge in [0.1, 0.15) is 5.82 Å². The zero-order chi connectivity index (χ0) is 22.8. The first-order chi connectivity index (χ1) is 16.1. The third-order valence-electron chi connectivity index (χ3n) is 8.01. The number of nitrogens with zero attached hydrogens (tertiary/aromatic N) is 1. The van der Waals surface area contributed by atoms with Crippen LogP contribution < -0.4 is 5.32 Å². The predicted octanol–water partition coefficient (Wildman–Crippen LogP) is 5.37. The van der Waals surface area contributed by atoms with Crippen molar-refractivity contribution in [1.82, 2.24) is 10.2 Å². The number of fused-ring (bicyclic) bond motifs is 1. The number of nitrogens with one attached hydrogen (secondary N) is 1. The van der Waals surface area contributed by atoms with E-state index in [9.17, 15) is 14.0 Å². The lowest BCUT2D eigenvalue weighted by atomic mass is 9.69. The highest BCUT2D eigenvalue weighted by Gasteiger charge is 2.57. The monoisotopic (exact) mass is 448 g/mol. The molecule has 1 heterocycles. The van der Waals surface area contributed by atoms with Crippen LogP contribution in [0, 0.1) is 5.82 Å². The molecule has 2 aromatic rings. The molecule has 174 valence electrons. The van der Waals surface area contributed by atoms with Gasteiger partial charge in [0.2, 0.25) is 5.91 Å².